The molecular weight excluding hydrogens is 277 g/mol. The average Bonchev–Trinajstić information content (AvgIpc) is 2.97. The van der Waals surface area contributed by atoms with Crippen LogP contribution in [0, 0.1) is 5.92 Å². The Morgan fingerprint density at radius 3 is 2.87 bits per heavy atom. The number of rotatable bonds is 4. The van der Waals surface area contributed by atoms with Gasteiger partial charge in [-0.15, -0.1) is 0 Å². The highest BCUT2D eigenvalue weighted by atomic mass is 79.9. The quantitative estimate of drug-likeness (QED) is 0.907. The highest BCUT2D eigenvalue weighted by Gasteiger charge is 2.21. The normalized spacial score (nSPS) is 15.1. The first kappa shape index (κ1) is 11.1. The van der Waals surface area contributed by atoms with E-state index in [4.69, 9.17) is 16.3 Å². The van der Waals surface area contributed by atoms with Crippen LogP contribution in [0.25, 0.3) is 0 Å². The SMILES string of the molecule is COc1c(Br)cc(Cl)cc1NCC1CC1. The number of methoxy groups -OCH3 is 1. The van der Waals surface area contributed by atoms with Gasteiger partial charge in [-0.3, -0.25) is 0 Å². The summed E-state index contributed by atoms with van der Waals surface area (Å²) in [5.74, 6) is 1.65. The van der Waals surface area contributed by atoms with Gasteiger partial charge in [-0.1, -0.05) is 11.6 Å². The summed E-state index contributed by atoms with van der Waals surface area (Å²) in [6.45, 7) is 1.00. The Kier molecular flexibility index (Phi) is 3.42. The van der Waals surface area contributed by atoms with E-state index in [1.54, 1.807) is 7.11 Å². The van der Waals surface area contributed by atoms with Gasteiger partial charge in [0.05, 0.1) is 17.3 Å². The lowest BCUT2D eigenvalue weighted by Crippen LogP contribution is -2.05. The minimum absolute atomic E-state index is 0.709. The Morgan fingerprint density at radius 2 is 2.27 bits per heavy atom. The van der Waals surface area contributed by atoms with Crippen molar-refractivity contribution in [2.24, 2.45) is 5.92 Å². The molecule has 0 atom stereocenters. The number of hydrogen-bond acceptors (Lipinski definition) is 2. The van der Waals surface area contributed by atoms with Crippen molar-refractivity contribution < 1.29 is 4.74 Å². The molecule has 1 aliphatic carbocycles. The third-order valence-corrected chi connectivity index (χ3v) is 3.30. The van der Waals surface area contributed by atoms with Crippen LogP contribution >= 0.6 is 27.5 Å². The Bertz CT molecular complexity index is 366. The molecule has 1 aliphatic rings. The zero-order valence-electron chi connectivity index (χ0n) is 8.52. The van der Waals surface area contributed by atoms with Crippen molar-refractivity contribution in [2.75, 3.05) is 19.0 Å². The van der Waals surface area contributed by atoms with Gasteiger partial charge in [0.1, 0.15) is 0 Å². The van der Waals surface area contributed by atoms with Gasteiger partial charge >= 0.3 is 0 Å². The van der Waals surface area contributed by atoms with Crippen LogP contribution in [0.1, 0.15) is 12.8 Å². The van der Waals surface area contributed by atoms with Crippen LogP contribution in [0.3, 0.4) is 0 Å². The van der Waals surface area contributed by atoms with Gasteiger partial charge in [0.15, 0.2) is 5.75 Å². The summed E-state index contributed by atoms with van der Waals surface area (Å²) < 4.78 is 6.20. The highest BCUT2D eigenvalue weighted by Crippen LogP contribution is 2.37. The second-order valence-electron chi connectivity index (χ2n) is 3.79. The van der Waals surface area contributed by atoms with Crippen molar-refractivity contribution in [3.8, 4) is 5.75 Å². The van der Waals surface area contributed by atoms with Crippen molar-refractivity contribution in [1.29, 1.82) is 0 Å². The second-order valence-corrected chi connectivity index (χ2v) is 5.08. The molecule has 4 heteroatoms. The molecule has 1 aromatic carbocycles. The van der Waals surface area contributed by atoms with Crippen LogP contribution in [-0.4, -0.2) is 13.7 Å². The maximum Gasteiger partial charge on any atom is 0.156 e. The van der Waals surface area contributed by atoms with E-state index in [2.05, 4.69) is 21.2 Å². The molecule has 82 valence electrons. The first-order chi connectivity index (χ1) is 7.20. The molecule has 0 amide bonds. The van der Waals surface area contributed by atoms with Crippen LogP contribution in [0.4, 0.5) is 5.69 Å². The number of halogens is 2. The third kappa shape index (κ3) is 2.79. The van der Waals surface area contributed by atoms with Gasteiger partial charge in [-0.05, 0) is 46.8 Å². The first-order valence-electron chi connectivity index (χ1n) is 4.97. The van der Waals surface area contributed by atoms with E-state index in [1.165, 1.54) is 12.8 Å². The van der Waals surface area contributed by atoms with E-state index in [0.29, 0.717) is 5.02 Å². The Morgan fingerprint density at radius 1 is 1.53 bits per heavy atom. The van der Waals surface area contributed by atoms with E-state index in [1.807, 2.05) is 12.1 Å². The molecule has 0 unspecified atom stereocenters. The molecule has 1 fully saturated rings. The molecule has 2 rings (SSSR count). The molecule has 0 saturated heterocycles. The number of ether oxygens (including phenoxy) is 1. The minimum atomic E-state index is 0.709. The van der Waals surface area contributed by atoms with E-state index in [0.717, 1.165) is 28.4 Å². The lowest BCUT2D eigenvalue weighted by atomic mass is 10.2. The summed E-state index contributed by atoms with van der Waals surface area (Å²) >= 11 is 9.42. The molecule has 2 nitrogen and oxygen atoms in total. The third-order valence-electron chi connectivity index (χ3n) is 2.49. The summed E-state index contributed by atoms with van der Waals surface area (Å²) in [5, 5.41) is 4.08. The van der Waals surface area contributed by atoms with Crippen LogP contribution in [0.2, 0.25) is 5.02 Å². The molecule has 0 heterocycles. The van der Waals surface area contributed by atoms with Crippen LogP contribution in [0.5, 0.6) is 5.75 Å². The fourth-order valence-corrected chi connectivity index (χ4v) is 2.45. The first-order valence-corrected chi connectivity index (χ1v) is 6.14. The van der Waals surface area contributed by atoms with Crippen molar-refractivity contribution >= 4 is 33.2 Å². The van der Waals surface area contributed by atoms with Crippen LogP contribution < -0.4 is 10.1 Å². The largest absolute Gasteiger partial charge is 0.493 e. The number of benzene rings is 1. The predicted octanol–water partition coefficient (Wildman–Crippen LogP) is 3.93. The maximum absolute atomic E-state index is 5.98. The zero-order valence-corrected chi connectivity index (χ0v) is 10.9. The van der Waals surface area contributed by atoms with E-state index in [-0.39, 0.29) is 0 Å². The van der Waals surface area contributed by atoms with Crippen LogP contribution in [0.15, 0.2) is 16.6 Å². The molecule has 0 aliphatic heterocycles. The fraction of sp³-hybridized carbons (Fsp3) is 0.455. The molecule has 0 aromatic heterocycles. The molecular formula is C11H13BrClNO. The summed E-state index contributed by atoms with van der Waals surface area (Å²) in [6.07, 6.45) is 2.66. The molecule has 15 heavy (non-hydrogen) atoms. The van der Waals surface area contributed by atoms with E-state index < -0.39 is 0 Å². The van der Waals surface area contributed by atoms with Gasteiger partial charge in [0.2, 0.25) is 0 Å². The number of nitrogens with one attached hydrogen (secondary N) is 1. The minimum Gasteiger partial charge on any atom is -0.493 e. The monoisotopic (exact) mass is 289 g/mol. The molecule has 0 spiro atoms. The number of hydrogen-bond donors (Lipinski definition) is 1. The summed E-state index contributed by atoms with van der Waals surface area (Å²) in [4.78, 5) is 0. The van der Waals surface area contributed by atoms with Gasteiger partial charge in [-0.25, -0.2) is 0 Å². The van der Waals surface area contributed by atoms with Crippen LogP contribution in [-0.2, 0) is 0 Å². The van der Waals surface area contributed by atoms with Gasteiger partial charge in [-0.2, -0.15) is 0 Å². The summed E-state index contributed by atoms with van der Waals surface area (Å²) in [7, 11) is 1.66. The lowest BCUT2D eigenvalue weighted by molar-refractivity contribution is 0.414. The van der Waals surface area contributed by atoms with Gasteiger partial charge < -0.3 is 10.1 Å². The van der Waals surface area contributed by atoms with Crippen molar-refractivity contribution in [3.63, 3.8) is 0 Å². The van der Waals surface area contributed by atoms with E-state index in [9.17, 15) is 0 Å². The fourth-order valence-electron chi connectivity index (χ4n) is 1.48. The maximum atomic E-state index is 5.98. The molecule has 1 aromatic rings. The second kappa shape index (κ2) is 4.62. The molecule has 0 radical (unpaired) electrons. The Labute approximate surface area is 103 Å². The predicted molar refractivity (Wildman–Crippen MR) is 66.9 cm³/mol. The summed E-state index contributed by atoms with van der Waals surface area (Å²) in [5.41, 5.74) is 0.962. The van der Waals surface area contributed by atoms with E-state index >= 15 is 0 Å². The lowest BCUT2D eigenvalue weighted by Gasteiger charge is -2.12. The van der Waals surface area contributed by atoms with Crippen molar-refractivity contribution in [1.82, 2.24) is 0 Å². The van der Waals surface area contributed by atoms with Gasteiger partial charge in [0.25, 0.3) is 0 Å². The van der Waals surface area contributed by atoms with Crippen molar-refractivity contribution in [2.45, 2.75) is 12.8 Å². The molecule has 1 saturated carbocycles. The molecule has 0 bridgehead atoms. The topological polar surface area (TPSA) is 21.3 Å². The molecule has 1 N–H and O–H groups in total. The van der Waals surface area contributed by atoms with Gasteiger partial charge in [0, 0.05) is 11.6 Å². The Balaban J connectivity index is 2.17. The zero-order chi connectivity index (χ0) is 10.8. The number of anilines is 1. The van der Waals surface area contributed by atoms with Crippen molar-refractivity contribution in [3.05, 3.63) is 21.6 Å². The average molecular weight is 291 g/mol. The Hall–Kier alpha value is -0.410. The summed E-state index contributed by atoms with van der Waals surface area (Å²) in [6, 6.07) is 3.73. The smallest absolute Gasteiger partial charge is 0.156 e. The highest BCUT2D eigenvalue weighted by molar-refractivity contribution is 9.10. The standard InChI is InChI=1S/C11H13BrClNO/c1-15-11-9(12)4-8(13)5-10(11)14-6-7-2-3-7/h4-5,7,14H,2-3,6H2,1H3.